The van der Waals surface area contributed by atoms with E-state index in [-0.39, 0.29) is 11.9 Å². The molecule has 2 aliphatic rings. The first-order valence-corrected chi connectivity index (χ1v) is 9.78. The summed E-state index contributed by atoms with van der Waals surface area (Å²) in [6.07, 6.45) is 4.18. The van der Waals surface area contributed by atoms with Crippen molar-refractivity contribution in [2.45, 2.75) is 52.5 Å². The maximum absolute atomic E-state index is 12.7. The number of hydrogen-bond acceptors (Lipinski definition) is 3. The van der Waals surface area contributed by atoms with Gasteiger partial charge in [-0.2, -0.15) is 0 Å². The molecule has 1 aromatic rings. The van der Waals surface area contributed by atoms with Crippen LogP contribution in [0.4, 0.5) is 5.00 Å². The van der Waals surface area contributed by atoms with Crippen molar-refractivity contribution < 1.29 is 14.5 Å². The highest BCUT2D eigenvalue weighted by molar-refractivity contribution is 7.17. The SMILES string of the molecule is C[C@H]1C[C@H](C)C[NH+]([C@@H](C)C(=O)Nc2sc3c(c2C(N)=O)CCC3)C1. The number of nitrogens with one attached hydrogen (secondary N) is 2. The van der Waals surface area contributed by atoms with Crippen molar-refractivity contribution in [3.8, 4) is 0 Å². The third-order valence-corrected chi connectivity index (χ3v) is 6.64. The van der Waals surface area contributed by atoms with Crippen LogP contribution >= 0.6 is 11.3 Å². The molecule has 1 fully saturated rings. The summed E-state index contributed by atoms with van der Waals surface area (Å²) in [4.78, 5) is 27.1. The number of piperidine rings is 1. The van der Waals surface area contributed by atoms with E-state index in [1.165, 1.54) is 27.5 Å². The molecule has 1 aliphatic carbocycles. The zero-order valence-corrected chi connectivity index (χ0v) is 15.6. The molecule has 1 saturated heterocycles. The van der Waals surface area contributed by atoms with Gasteiger partial charge in [0.1, 0.15) is 5.00 Å². The number of fused-ring (bicyclic) bond motifs is 1. The Labute approximate surface area is 147 Å². The minimum atomic E-state index is -0.426. The Morgan fingerprint density at radius 3 is 2.54 bits per heavy atom. The van der Waals surface area contributed by atoms with Gasteiger partial charge < -0.3 is 16.0 Å². The maximum atomic E-state index is 12.7. The molecule has 4 N–H and O–H groups in total. The standard InChI is InChI=1S/C18H27N3O2S/c1-10-7-11(2)9-21(8-10)12(3)17(23)20-18-15(16(19)22)13-5-4-6-14(13)24-18/h10-12H,4-9H2,1-3H3,(H2,19,22)(H,20,23)/p+1/t10-,11-,12-/m0/s1. The number of quaternary nitrogens is 1. The molecule has 132 valence electrons. The number of primary amides is 1. The average Bonchev–Trinajstić information content (AvgIpc) is 3.05. The van der Waals surface area contributed by atoms with E-state index in [1.807, 2.05) is 6.92 Å². The van der Waals surface area contributed by atoms with Crippen molar-refractivity contribution in [1.29, 1.82) is 0 Å². The van der Waals surface area contributed by atoms with Gasteiger partial charge in [0.15, 0.2) is 6.04 Å². The van der Waals surface area contributed by atoms with Crippen LogP contribution in [0, 0.1) is 11.8 Å². The number of thiophene rings is 1. The molecule has 0 radical (unpaired) electrons. The highest BCUT2D eigenvalue weighted by atomic mass is 32.1. The van der Waals surface area contributed by atoms with E-state index in [2.05, 4.69) is 19.2 Å². The number of hydrogen-bond donors (Lipinski definition) is 3. The smallest absolute Gasteiger partial charge is 0.282 e. The zero-order valence-electron chi connectivity index (χ0n) is 14.8. The van der Waals surface area contributed by atoms with Gasteiger partial charge in [0.25, 0.3) is 11.8 Å². The summed E-state index contributed by atoms with van der Waals surface area (Å²) in [5, 5.41) is 3.66. The van der Waals surface area contributed by atoms with E-state index in [0.29, 0.717) is 22.4 Å². The van der Waals surface area contributed by atoms with Crippen LogP contribution in [-0.2, 0) is 17.6 Å². The Hall–Kier alpha value is -1.40. The maximum Gasteiger partial charge on any atom is 0.282 e. The Kier molecular flexibility index (Phi) is 4.97. The molecular weight excluding hydrogens is 322 g/mol. The van der Waals surface area contributed by atoms with Crippen LogP contribution in [0.15, 0.2) is 0 Å². The molecular formula is C18H28N3O2S+. The summed E-state index contributed by atoms with van der Waals surface area (Å²) < 4.78 is 0. The first-order valence-electron chi connectivity index (χ1n) is 8.96. The van der Waals surface area contributed by atoms with Crippen molar-refractivity contribution in [3.05, 3.63) is 16.0 Å². The fraction of sp³-hybridized carbons (Fsp3) is 0.667. The number of rotatable bonds is 4. The second-order valence-corrected chi connectivity index (χ2v) is 8.75. The fourth-order valence-electron chi connectivity index (χ4n) is 4.34. The van der Waals surface area contributed by atoms with Gasteiger partial charge >= 0.3 is 0 Å². The number of anilines is 1. The third kappa shape index (κ3) is 3.35. The van der Waals surface area contributed by atoms with E-state index >= 15 is 0 Å². The molecule has 0 unspecified atom stereocenters. The van der Waals surface area contributed by atoms with Gasteiger partial charge in [0, 0.05) is 16.7 Å². The average molecular weight is 351 g/mol. The number of carbonyl (C=O) groups excluding carboxylic acids is 2. The van der Waals surface area contributed by atoms with Gasteiger partial charge in [0.05, 0.1) is 18.7 Å². The molecule has 6 heteroatoms. The second kappa shape index (κ2) is 6.84. The normalized spacial score (nSPS) is 27.5. The Balaban J connectivity index is 1.74. The van der Waals surface area contributed by atoms with Gasteiger partial charge in [-0.3, -0.25) is 9.59 Å². The largest absolute Gasteiger partial charge is 0.365 e. The van der Waals surface area contributed by atoms with Gasteiger partial charge in [0.2, 0.25) is 0 Å². The summed E-state index contributed by atoms with van der Waals surface area (Å²) in [6, 6.07) is -0.118. The van der Waals surface area contributed by atoms with E-state index in [0.717, 1.165) is 37.9 Å². The zero-order chi connectivity index (χ0) is 17.4. The highest BCUT2D eigenvalue weighted by Crippen LogP contribution is 2.38. The molecule has 5 nitrogen and oxygen atoms in total. The monoisotopic (exact) mass is 350 g/mol. The first kappa shape index (κ1) is 17.4. The number of nitrogens with two attached hydrogens (primary N) is 1. The van der Waals surface area contributed by atoms with E-state index in [9.17, 15) is 9.59 Å². The Bertz CT molecular complexity index is 645. The number of amides is 2. The van der Waals surface area contributed by atoms with Gasteiger partial charge in [-0.05, 0) is 38.2 Å². The minimum Gasteiger partial charge on any atom is -0.365 e. The summed E-state index contributed by atoms with van der Waals surface area (Å²) in [6.45, 7) is 8.57. The topological polar surface area (TPSA) is 76.6 Å². The van der Waals surface area contributed by atoms with Crippen LogP contribution in [0.2, 0.25) is 0 Å². The molecule has 0 spiro atoms. The third-order valence-electron chi connectivity index (χ3n) is 5.44. The van der Waals surface area contributed by atoms with Crippen LogP contribution in [0.1, 0.15) is 54.4 Å². The van der Waals surface area contributed by atoms with Crippen molar-refractivity contribution in [3.63, 3.8) is 0 Å². The molecule has 2 amide bonds. The molecule has 0 bridgehead atoms. The van der Waals surface area contributed by atoms with E-state index in [1.54, 1.807) is 0 Å². The van der Waals surface area contributed by atoms with Crippen molar-refractivity contribution >= 4 is 28.2 Å². The van der Waals surface area contributed by atoms with E-state index < -0.39 is 5.91 Å². The van der Waals surface area contributed by atoms with Crippen LogP contribution < -0.4 is 16.0 Å². The Morgan fingerprint density at radius 1 is 1.25 bits per heavy atom. The van der Waals surface area contributed by atoms with Gasteiger partial charge in [-0.1, -0.05) is 13.8 Å². The lowest BCUT2D eigenvalue weighted by atomic mass is 9.91. The van der Waals surface area contributed by atoms with Gasteiger partial charge in [-0.25, -0.2) is 0 Å². The molecule has 3 atom stereocenters. The lowest BCUT2D eigenvalue weighted by molar-refractivity contribution is -0.925. The molecule has 1 aromatic heterocycles. The molecule has 24 heavy (non-hydrogen) atoms. The summed E-state index contributed by atoms with van der Waals surface area (Å²) >= 11 is 1.53. The summed E-state index contributed by atoms with van der Waals surface area (Å²) in [5.74, 6) is 0.857. The lowest BCUT2D eigenvalue weighted by Crippen LogP contribution is -3.18. The summed E-state index contributed by atoms with van der Waals surface area (Å²) in [5.41, 5.74) is 7.18. The van der Waals surface area contributed by atoms with E-state index in [4.69, 9.17) is 5.73 Å². The first-order chi connectivity index (χ1) is 11.4. The minimum absolute atomic E-state index is 0.00581. The fourth-order valence-corrected chi connectivity index (χ4v) is 5.64. The van der Waals surface area contributed by atoms with Crippen LogP contribution in [0.5, 0.6) is 0 Å². The molecule has 0 aromatic carbocycles. The lowest BCUT2D eigenvalue weighted by Gasteiger charge is -2.35. The molecule has 1 aliphatic heterocycles. The van der Waals surface area contributed by atoms with Crippen molar-refractivity contribution in [2.24, 2.45) is 17.6 Å². The van der Waals surface area contributed by atoms with Crippen LogP contribution in [-0.4, -0.2) is 30.9 Å². The quantitative estimate of drug-likeness (QED) is 0.764. The van der Waals surface area contributed by atoms with Crippen LogP contribution in [0.3, 0.4) is 0 Å². The molecule has 2 heterocycles. The predicted molar refractivity (Wildman–Crippen MR) is 96.6 cm³/mol. The van der Waals surface area contributed by atoms with Gasteiger partial charge in [-0.15, -0.1) is 11.3 Å². The molecule has 0 saturated carbocycles. The molecule has 3 rings (SSSR count). The number of likely N-dealkylation sites (tertiary alicyclic amines) is 1. The van der Waals surface area contributed by atoms with Crippen LogP contribution in [0.25, 0.3) is 0 Å². The number of carbonyl (C=O) groups is 2. The van der Waals surface area contributed by atoms with Crippen molar-refractivity contribution in [1.82, 2.24) is 0 Å². The summed E-state index contributed by atoms with van der Waals surface area (Å²) in [7, 11) is 0. The van der Waals surface area contributed by atoms with Crippen molar-refractivity contribution in [2.75, 3.05) is 18.4 Å². The predicted octanol–water partition coefficient (Wildman–Crippen LogP) is 1.22. The highest BCUT2D eigenvalue weighted by Gasteiger charge is 2.34. The number of aryl methyl sites for hydroxylation is 1. The Morgan fingerprint density at radius 2 is 1.92 bits per heavy atom. The second-order valence-electron chi connectivity index (χ2n) is 7.65.